The lowest BCUT2D eigenvalue weighted by Gasteiger charge is -2.18. The van der Waals surface area contributed by atoms with Crippen LogP contribution in [0.3, 0.4) is 0 Å². The minimum Gasteiger partial charge on any atom is -0.379 e. The van der Waals surface area contributed by atoms with E-state index < -0.39 is 0 Å². The predicted octanol–water partition coefficient (Wildman–Crippen LogP) is 2.98. The summed E-state index contributed by atoms with van der Waals surface area (Å²) in [6.07, 6.45) is 0.703. The highest BCUT2D eigenvalue weighted by atomic mass is 16.5. The Labute approximate surface area is 158 Å². The number of carbonyl (C=O) groups is 1. The minimum absolute atomic E-state index is 0.0435. The molecule has 3 heterocycles. The highest BCUT2D eigenvalue weighted by Gasteiger charge is 2.31. The molecular formula is C21H23N3O3. The maximum absolute atomic E-state index is 12.8. The summed E-state index contributed by atoms with van der Waals surface area (Å²) in [5, 5.41) is 7.06. The van der Waals surface area contributed by atoms with Gasteiger partial charge in [-0.25, -0.2) is 0 Å². The summed E-state index contributed by atoms with van der Waals surface area (Å²) in [5.74, 6) is 0.913. The molecule has 0 bridgehead atoms. The van der Waals surface area contributed by atoms with E-state index in [1.165, 1.54) is 0 Å². The fourth-order valence-corrected chi connectivity index (χ4v) is 3.61. The van der Waals surface area contributed by atoms with Gasteiger partial charge in [-0.1, -0.05) is 35.5 Å². The number of aromatic nitrogens is 2. The number of carbonyl (C=O) groups excluding carboxylic acids is 1. The Kier molecular flexibility index (Phi) is 4.81. The number of aryl methyl sites for hydroxylation is 1. The van der Waals surface area contributed by atoms with Crippen molar-refractivity contribution >= 4 is 5.91 Å². The molecule has 1 aliphatic rings. The maximum Gasteiger partial charge on any atom is 0.268 e. The molecule has 4 rings (SSSR count). The molecule has 1 N–H and O–H groups in total. The number of nitrogens with one attached hydrogen (secondary N) is 1. The first-order chi connectivity index (χ1) is 13.1. The zero-order valence-electron chi connectivity index (χ0n) is 15.5. The third-order valence-corrected chi connectivity index (χ3v) is 5.08. The molecule has 2 atom stereocenters. The van der Waals surface area contributed by atoms with Gasteiger partial charge in [0, 0.05) is 31.1 Å². The third kappa shape index (κ3) is 3.66. The fourth-order valence-electron chi connectivity index (χ4n) is 3.61. The molecule has 140 valence electrons. The summed E-state index contributed by atoms with van der Waals surface area (Å²) in [5.41, 5.74) is 3.59. The minimum atomic E-state index is -0.0890. The number of hydrogen-bond acceptors (Lipinski definition) is 4. The number of rotatable bonds is 5. The van der Waals surface area contributed by atoms with E-state index in [0.29, 0.717) is 25.3 Å². The Morgan fingerprint density at radius 2 is 2.04 bits per heavy atom. The second-order valence-corrected chi connectivity index (χ2v) is 7.05. The standard InChI is InChI=1S/C21H23N3O3/c1-14-10-17(27-23-14)11-16-12-26-13-18(16)22-21(25)20-9-8-19(24(20)2)15-6-4-3-5-7-15/h3-10,16,18H,11-13H2,1-2H3,(H,22,25)/t16-,18+/m1/s1. The zero-order chi connectivity index (χ0) is 18.8. The monoisotopic (exact) mass is 365 g/mol. The third-order valence-electron chi connectivity index (χ3n) is 5.08. The van der Waals surface area contributed by atoms with Crippen molar-refractivity contribution in [1.29, 1.82) is 0 Å². The predicted molar refractivity (Wildman–Crippen MR) is 101 cm³/mol. The van der Waals surface area contributed by atoms with E-state index >= 15 is 0 Å². The average molecular weight is 365 g/mol. The van der Waals surface area contributed by atoms with Gasteiger partial charge in [-0.15, -0.1) is 0 Å². The SMILES string of the molecule is Cc1cc(C[C@@H]2COC[C@@H]2NC(=O)c2ccc(-c3ccccc3)n2C)on1. The molecule has 1 aromatic carbocycles. The van der Waals surface area contributed by atoms with Crippen molar-refractivity contribution in [3.63, 3.8) is 0 Å². The molecule has 0 spiro atoms. The van der Waals surface area contributed by atoms with Crippen LogP contribution in [0.4, 0.5) is 0 Å². The van der Waals surface area contributed by atoms with Crippen molar-refractivity contribution in [2.75, 3.05) is 13.2 Å². The molecule has 6 heteroatoms. The molecule has 0 aliphatic carbocycles. The van der Waals surface area contributed by atoms with Crippen LogP contribution in [-0.2, 0) is 18.2 Å². The Bertz CT molecular complexity index is 929. The largest absolute Gasteiger partial charge is 0.379 e. The molecule has 2 aromatic heterocycles. The van der Waals surface area contributed by atoms with E-state index in [4.69, 9.17) is 9.26 Å². The van der Waals surface area contributed by atoms with Gasteiger partial charge in [0.2, 0.25) is 0 Å². The van der Waals surface area contributed by atoms with E-state index in [9.17, 15) is 4.79 Å². The number of amides is 1. The second-order valence-electron chi connectivity index (χ2n) is 7.05. The number of hydrogen-bond donors (Lipinski definition) is 1. The molecule has 1 amide bonds. The van der Waals surface area contributed by atoms with Gasteiger partial charge < -0.3 is 19.1 Å². The molecule has 6 nitrogen and oxygen atoms in total. The average Bonchev–Trinajstić information content (AvgIpc) is 3.37. The molecule has 0 unspecified atom stereocenters. The lowest BCUT2D eigenvalue weighted by Crippen LogP contribution is -2.41. The first-order valence-electron chi connectivity index (χ1n) is 9.14. The van der Waals surface area contributed by atoms with Crippen molar-refractivity contribution in [2.45, 2.75) is 19.4 Å². The van der Waals surface area contributed by atoms with Gasteiger partial charge in [-0.2, -0.15) is 0 Å². The van der Waals surface area contributed by atoms with Gasteiger partial charge >= 0.3 is 0 Å². The van der Waals surface area contributed by atoms with E-state index in [-0.39, 0.29) is 17.9 Å². The van der Waals surface area contributed by atoms with Gasteiger partial charge in [-0.05, 0) is 24.6 Å². The maximum atomic E-state index is 12.8. The van der Waals surface area contributed by atoms with Crippen LogP contribution in [0.2, 0.25) is 0 Å². The van der Waals surface area contributed by atoms with Crippen LogP contribution in [0.25, 0.3) is 11.3 Å². The molecule has 0 saturated carbocycles. The van der Waals surface area contributed by atoms with Gasteiger partial charge in [0.15, 0.2) is 0 Å². The summed E-state index contributed by atoms with van der Waals surface area (Å²) < 4.78 is 12.8. The molecule has 1 saturated heterocycles. The van der Waals surface area contributed by atoms with Crippen LogP contribution in [0.1, 0.15) is 21.9 Å². The molecule has 1 fully saturated rings. The normalized spacial score (nSPS) is 19.3. The van der Waals surface area contributed by atoms with Crippen molar-refractivity contribution in [3.05, 3.63) is 65.7 Å². The van der Waals surface area contributed by atoms with Gasteiger partial charge in [0.05, 0.1) is 24.9 Å². The van der Waals surface area contributed by atoms with Gasteiger partial charge in [-0.3, -0.25) is 4.79 Å². The lowest BCUT2D eigenvalue weighted by atomic mass is 9.98. The van der Waals surface area contributed by atoms with Crippen LogP contribution in [-0.4, -0.2) is 34.9 Å². The van der Waals surface area contributed by atoms with Gasteiger partial charge in [0.1, 0.15) is 11.5 Å². The van der Waals surface area contributed by atoms with E-state index in [1.807, 2.05) is 67.1 Å². The molecule has 0 radical (unpaired) electrons. The first-order valence-corrected chi connectivity index (χ1v) is 9.14. The second kappa shape index (κ2) is 7.40. The van der Waals surface area contributed by atoms with Gasteiger partial charge in [0.25, 0.3) is 5.91 Å². The molecule has 1 aliphatic heterocycles. The summed E-state index contributed by atoms with van der Waals surface area (Å²) in [6, 6.07) is 15.8. The van der Waals surface area contributed by atoms with Crippen LogP contribution in [0.5, 0.6) is 0 Å². The summed E-state index contributed by atoms with van der Waals surface area (Å²) in [6.45, 7) is 3.02. The quantitative estimate of drug-likeness (QED) is 0.755. The van der Waals surface area contributed by atoms with Crippen molar-refractivity contribution < 1.29 is 14.1 Å². The number of nitrogens with zero attached hydrogens (tertiary/aromatic N) is 2. The summed E-state index contributed by atoms with van der Waals surface area (Å²) in [7, 11) is 1.91. The molecule has 3 aromatic rings. The van der Waals surface area contributed by atoms with Crippen LogP contribution in [0.15, 0.2) is 53.1 Å². The summed E-state index contributed by atoms with van der Waals surface area (Å²) in [4.78, 5) is 12.8. The van der Waals surface area contributed by atoms with Crippen molar-refractivity contribution in [3.8, 4) is 11.3 Å². The number of ether oxygens (including phenoxy) is 1. The van der Waals surface area contributed by atoms with E-state index in [1.54, 1.807) is 0 Å². The highest BCUT2D eigenvalue weighted by molar-refractivity contribution is 5.94. The Hall–Kier alpha value is -2.86. The summed E-state index contributed by atoms with van der Waals surface area (Å²) >= 11 is 0. The Morgan fingerprint density at radius 1 is 1.22 bits per heavy atom. The smallest absolute Gasteiger partial charge is 0.268 e. The van der Waals surface area contributed by atoms with Crippen LogP contribution < -0.4 is 5.32 Å². The van der Waals surface area contributed by atoms with Crippen molar-refractivity contribution in [1.82, 2.24) is 15.0 Å². The molecule has 27 heavy (non-hydrogen) atoms. The highest BCUT2D eigenvalue weighted by Crippen LogP contribution is 2.23. The topological polar surface area (TPSA) is 69.3 Å². The fraction of sp³-hybridized carbons (Fsp3) is 0.333. The Balaban J connectivity index is 1.46. The van der Waals surface area contributed by atoms with Crippen LogP contribution >= 0.6 is 0 Å². The number of benzene rings is 1. The first kappa shape index (κ1) is 17.5. The Morgan fingerprint density at radius 3 is 2.78 bits per heavy atom. The van der Waals surface area contributed by atoms with E-state index in [2.05, 4.69) is 10.5 Å². The lowest BCUT2D eigenvalue weighted by molar-refractivity contribution is 0.0916. The zero-order valence-corrected chi connectivity index (χ0v) is 15.5. The molecular weight excluding hydrogens is 342 g/mol. The van der Waals surface area contributed by atoms with E-state index in [0.717, 1.165) is 22.7 Å². The van der Waals surface area contributed by atoms with Crippen molar-refractivity contribution in [2.24, 2.45) is 13.0 Å². The van der Waals surface area contributed by atoms with Crippen LogP contribution in [0, 0.1) is 12.8 Å².